The zero-order valence-corrected chi connectivity index (χ0v) is 16.5. The first-order valence-corrected chi connectivity index (χ1v) is 10.0. The molecule has 2 heterocycles. The minimum atomic E-state index is -0.285. The second kappa shape index (κ2) is 8.39. The van der Waals surface area contributed by atoms with Gasteiger partial charge in [0.1, 0.15) is 5.82 Å². The summed E-state index contributed by atoms with van der Waals surface area (Å²) in [6, 6.07) is 14.3. The number of hydrogen-bond acceptors (Lipinski definition) is 4. The Morgan fingerprint density at radius 1 is 0.966 bits per heavy atom. The molecule has 6 heteroatoms. The molecule has 1 N–H and O–H groups in total. The maximum Gasteiger partial charge on any atom is 0.252 e. The van der Waals surface area contributed by atoms with Gasteiger partial charge < -0.3 is 9.88 Å². The molecular weight excluding hydrogens is 364 g/mol. The normalized spacial score (nSPS) is 13.4. The number of nitrogens with one attached hydrogen (secondary N) is 1. The molecule has 0 saturated carbocycles. The highest BCUT2D eigenvalue weighted by atomic mass is 16.2. The van der Waals surface area contributed by atoms with Crippen molar-refractivity contribution in [1.82, 2.24) is 20.1 Å². The van der Waals surface area contributed by atoms with Gasteiger partial charge in [0.05, 0.1) is 12.1 Å². The summed E-state index contributed by atoms with van der Waals surface area (Å²) in [6.07, 6.45) is 4.33. The van der Waals surface area contributed by atoms with Crippen LogP contribution < -0.4 is 5.32 Å². The zero-order chi connectivity index (χ0) is 20.2. The first kappa shape index (κ1) is 19.1. The molecule has 0 spiro atoms. The largest absolute Gasteiger partial charge is 0.345 e. The first-order valence-electron chi connectivity index (χ1n) is 10.0. The molecule has 1 aromatic heterocycles. The number of fused-ring (bicyclic) bond motifs is 1. The van der Waals surface area contributed by atoms with Crippen LogP contribution in [-0.2, 0) is 19.5 Å². The fourth-order valence-corrected chi connectivity index (χ4v) is 3.67. The quantitative estimate of drug-likeness (QED) is 0.679. The molecule has 0 atom stereocenters. The summed E-state index contributed by atoms with van der Waals surface area (Å²) < 4.78 is 2.11. The van der Waals surface area contributed by atoms with Crippen LogP contribution in [-0.4, -0.2) is 26.5 Å². The van der Waals surface area contributed by atoms with Crippen LogP contribution in [0.25, 0.3) is 0 Å². The lowest BCUT2D eigenvalue weighted by Crippen LogP contribution is -2.26. The highest BCUT2D eigenvalue weighted by molar-refractivity contribution is 6.15. The van der Waals surface area contributed by atoms with Gasteiger partial charge in [0.25, 0.3) is 5.91 Å². The predicted molar refractivity (Wildman–Crippen MR) is 110 cm³/mol. The summed E-state index contributed by atoms with van der Waals surface area (Å²) in [5.74, 6) is 1.30. The topological polar surface area (TPSA) is 76.9 Å². The van der Waals surface area contributed by atoms with E-state index in [1.165, 1.54) is 6.42 Å². The third-order valence-electron chi connectivity index (χ3n) is 5.32. The molecule has 6 nitrogen and oxygen atoms in total. The second-order valence-electron chi connectivity index (χ2n) is 7.42. The number of aromatic nitrogens is 3. The Kier molecular flexibility index (Phi) is 5.51. The average molecular weight is 388 g/mol. The molecule has 0 saturated heterocycles. The van der Waals surface area contributed by atoms with Crippen molar-refractivity contribution in [1.29, 1.82) is 0 Å². The Morgan fingerprint density at radius 2 is 1.72 bits per heavy atom. The van der Waals surface area contributed by atoms with Crippen LogP contribution in [0, 0.1) is 6.92 Å². The third kappa shape index (κ3) is 4.11. The zero-order valence-electron chi connectivity index (χ0n) is 16.5. The Balaban J connectivity index is 1.52. The van der Waals surface area contributed by atoms with Gasteiger partial charge in [-0.15, -0.1) is 10.2 Å². The monoisotopic (exact) mass is 388 g/mol. The van der Waals surface area contributed by atoms with Gasteiger partial charge in [0.15, 0.2) is 11.6 Å². The molecule has 0 bridgehead atoms. The van der Waals surface area contributed by atoms with E-state index in [1.54, 1.807) is 36.4 Å². The van der Waals surface area contributed by atoms with E-state index in [1.807, 2.05) is 19.1 Å². The van der Waals surface area contributed by atoms with Crippen LogP contribution in [0.4, 0.5) is 0 Å². The summed E-state index contributed by atoms with van der Waals surface area (Å²) in [6.45, 7) is 3.15. The minimum Gasteiger partial charge on any atom is -0.345 e. The summed E-state index contributed by atoms with van der Waals surface area (Å²) in [4.78, 5) is 25.8. The molecule has 148 valence electrons. The molecule has 29 heavy (non-hydrogen) atoms. The van der Waals surface area contributed by atoms with Gasteiger partial charge in [-0.2, -0.15) is 0 Å². The van der Waals surface area contributed by atoms with E-state index < -0.39 is 0 Å². The molecule has 3 aromatic rings. The van der Waals surface area contributed by atoms with Crippen molar-refractivity contribution in [3.05, 3.63) is 82.4 Å². The van der Waals surface area contributed by atoms with E-state index in [0.29, 0.717) is 23.2 Å². The van der Waals surface area contributed by atoms with Gasteiger partial charge in [-0.05, 0) is 25.8 Å². The van der Waals surface area contributed by atoms with Crippen LogP contribution in [0.5, 0.6) is 0 Å². The van der Waals surface area contributed by atoms with Crippen molar-refractivity contribution < 1.29 is 9.59 Å². The number of hydrogen-bond donors (Lipinski definition) is 1. The number of amides is 1. The van der Waals surface area contributed by atoms with E-state index in [9.17, 15) is 9.59 Å². The fourth-order valence-electron chi connectivity index (χ4n) is 3.67. The Hall–Kier alpha value is -3.28. The number of nitrogens with zero attached hydrogens (tertiary/aromatic N) is 3. The lowest BCUT2D eigenvalue weighted by atomic mass is 9.97. The SMILES string of the molecule is Cc1ccc(C(=O)c2ccccc2C(=O)NCc2nnc3n2CCCCC3)cc1. The number of aryl methyl sites for hydroxylation is 2. The number of benzene rings is 2. The summed E-state index contributed by atoms with van der Waals surface area (Å²) in [5.41, 5.74) is 2.42. The number of carbonyl (C=O) groups excluding carboxylic acids is 2. The fraction of sp³-hybridized carbons (Fsp3) is 0.304. The van der Waals surface area contributed by atoms with Crippen molar-refractivity contribution in [2.75, 3.05) is 0 Å². The molecule has 0 fully saturated rings. The van der Waals surface area contributed by atoms with Gasteiger partial charge in [-0.3, -0.25) is 9.59 Å². The van der Waals surface area contributed by atoms with Crippen LogP contribution >= 0.6 is 0 Å². The van der Waals surface area contributed by atoms with Crippen LogP contribution in [0.2, 0.25) is 0 Å². The van der Waals surface area contributed by atoms with Gasteiger partial charge in [0.2, 0.25) is 0 Å². The lowest BCUT2D eigenvalue weighted by molar-refractivity contribution is 0.0938. The Morgan fingerprint density at radius 3 is 2.52 bits per heavy atom. The molecular formula is C23H24N4O2. The lowest BCUT2D eigenvalue weighted by Gasteiger charge is -2.11. The standard InChI is InChI=1S/C23H24N4O2/c1-16-10-12-17(13-11-16)22(28)18-7-4-5-8-19(18)23(29)24-15-21-26-25-20-9-3-2-6-14-27(20)21/h4-5,7-8,10-13H,2-3,6,9,14-15H2,1H3,(H,24,29). The molecule has 2 aromatic carbocycles. The predicted octanol–water partition coefficient (Wildman–Crippen LogP) is 3.47. The molecule has 0 aliphatic carbocycles. The highest BCUT2D eigenvalue weighted by Gasteiger charge is 2.19. The van der Waals surface area contributed by atoms with E-state index in [2.05, 4.69) is 20.1 Å². The summed E-state index contributed by atoms with van der Waals surface area (Å²) >= 11 is 0. The Bertz CT molecular complexity index is 1040. The van der Waals surface area contributed by atoms with E-state index in [-0.39, 0.29) is 11.7 Å². The number of ketones is 1. The van der Waals surface area contributed by atoms with Crippen molar-refractivity contribution in [3.8, 4) is 0 Å². The maximum absolute atomic E-state index is 12.9. The van der Waals surface area contributed by atoms with Crippen LogP contribution in [0.3, 0.4) is 0 Å². The van der Waals surface area contributed by atoms with Crippen molar-refractivity contribution >= 4 is 11.7 Å². The number of carbonyl (C=O) groups is 2. The molecule has 1 aliphatic rings. The van der Waals surface area contributed by atoms with Gasteiger partial charge in [-0.1, -0.05) is 54.4 Å². The Labute approximate surface area is 170 Å². The van der Waals surface area contributed by atoms with Gasteiger partial charge in [0, 0.05) is 24.1 Å². The average Bonchev–Trinajstić information content (AvgIpc) is 2.98. The second-order valence-corrected chi connectivity index (χ2v) is 7.42. The van der Waals surface area contributed by atoms with Gasteiger partial charge in [-0.25, -0.2) is 0 Å². The molecule has 1 aliphatic heterocycles. The third-order valence-corrected chi connectivity index (χ3v) is 5.32. The number of rotatable bonds is 5. The summed E-state index contributed by atoms with van der Waals surface area (Å²) in [5, 5.41) is 11.4. The van der Waals surface area contributed by atoms with E-state index in [4.69, 9.17) is 0 Å². The van der Waals surface area contributed by atoms with Crippen molar-refractivity contribution in [3.63, 3.8) is 0 Å². The minimum absolute atomic E-state index is 0.160. The smallest absolute Gasteiger partial charge is 0.252 e. The van der Waals surface area contributed by atoms with Crippen molar-refractivity contribution in [2.24, 2.45) is 0 Å². The van der Waals surface area contributed by atoms with Crippen LogP contribution in [0.15, 0.2) is 48.5 Å². The van der Waals surface area contributed by atoms with E-state index in [0.717, 1.165) is 43.0 Å². The van der Waals surface area contributed by atoms with Gasteiger partial charge >= 0.3 is 0 Å². The molecule has 1 amide bonds. The molecule has 4 rings (SSSR count). The highest BCUT2D eigenvalue weighted by Crippen LogP contribution is 2.17. The first-order chi connectivity index (χ1) is 14.1. The maximum atomic E-state index is 12.9. The summed E-state index contributed by atoms with van der Waals surface area (Å²) in [7, 11) is 0. The molecule has 0 radical (unpaired) electrons. The van der Waals surface area contributed by atoms with Crippen molar-refractivity contribution in [2.45, 2.75) is 45.7 Å². The van der Waals surface area contributed by atoms with Crippen LogP contribution in [0.1, 0.15) is 62.8 Å². The van der Waals surface area contributed by atoms with E-state index >= 15 is 0 Å². The molecule has 0 unspecified atom stereocenters.